The van der Waals surface area contributed by atoms with Crippen LogP contribution >= 0.6 is 23.1 Å². The van der Waals surface area contributed by atoms with Gasteiger partial charge >= 0.3 is 0 Å². The largest absolute Gasteiger partial charge is 0.279 e. The van der Waals surface area contributed by atoms with Crippen molar-refractivity contribution in [1.82, 2.24) is 10.9 Å². The van der Waals surface area contributed by atoms with Crippen molar-refractivity contribution >= 4 is 34.9 Å². The van der Waals surface area contributed by atoms with E-state index in [9.17, 15) is 9.59 Å². The number of hydrogen-bond acceptors (Lipinski definition) is 4. The van der Waals surface area contributed by atoms with Crippen LogP contribution in [0, 0.1) is 13.8 Å². The van der Waals surface area contributed by atoms with Gasteiger partial charge in [-0.3, -0.25) is 20.4 Å². The predicted molar refractivity (Wildman–Crippen MR) is 95.9 cm³/mol. The fraction of sp³-hybridized carbons (Fsp3) is 0.294. The molecule has 2 amide bonds. The van der Waals surface area contributed by atoms with Crippen molar-refractivity contribution in [3.05, 3.63) is 51.2 Å². The summed E-state index contributed by atoms with van der Waals surface area (Å²) in [5.41, 5.74) is 7.19. The molecule has 4 nitrogen and oxygen atoms in total. The van der Waals surface area contributed by atoms with Crippen molar-refractivity contribution in [2.75, 3.05) is 5.75 Å². The summed E-state index contributed by atoms with van der Waals surface area (Å²) in [7, 11) is 0. The highest BCUT2D eigenvalue weighted by molar-refractivity contribution is 8.00. The van der Waals surface area contributed by atoms with E-state index in [2.05, 4.69) is 17.8 Å². The van der Waals surface area contributed by atoms with Crippen LogP contribution in [-0.4, -0.2) is 17.6 Å². The number of thiophene rings is 1. The molecule has 2 aromatic rings. The monoisotopic (exact) mass is 348 g/mol. The minimum atomic E-state index is -0.271. The molecule has 0 aliphatic rings. The number of rotatable bonds is 5. The lowest BCUT2D eigenvalue weighted by atomic mass is 10.2. The van der Waals surface area contributed by atoms with Gasteiger partial charge in [0.1, 0.15) is 0 Å². The Labute approximate surface area is 144 Å². The Morgan fingerprint density at radius 1 is 1.13 bits per heavy atom. The Kier molecular flexibility index (Phi) is 6.24. The molecule has 0 unspecified atom stereocenters. The standard InChI is InChI=1S/C17H20N2O2S2/c1-4-13-12(3)9-15(23-13)17(21)19-18-16(20)10-22-14-8-6-5-7-11(14)2/h5-9H,4,10H2,1-3H3,(H,18,20)(H,19,21). The number of nitrogens with one attached hydrogen (secondary N) is 2. The van der Waals surface area contributed by atoms with Crippen molar-refractivity contribution in [2.24, 2.45) is 0 Å². The lowest BCUT2D eigenvalue weighted by Gasteiger charge is -2.07. The molecule has 0 aliphatic heterocycles. The Morgan fingerprint density at radius 3 is 2.52 bits per heavy atom. The lowest BCUT2D eigenvalue weighted by Crippen LogP contribution is -2.42. The zero-order chi connectivity index (χ0) is 16.8. The van der Waals surface area contributed by atoms with E-state index in [1.165, 1.54) is 28.0 Å². The second-order valence-corrected chi connectivity index (χ2v) is 7.28. The summed E-state index contributed by atoms with van der Waals surface area (Å²) in [5, 5.41) is 0. The van der Waals surface area contributed by atoms with E-state index >= 15 is 0 Å². The van der Waals surface area contributed by atoms with E-state index in [0.717, 1.165) is 22.4 Å². The number of carbonyl (C=O) groups is 2. The minimum absolute atomic E-state index is 0.226. The van der Waals surface area contributed by atoms with E-state index in [1.54, 1.807) is 0 Å². The SMILES string of the molecule is CCc1sc(C(=O)NNC(=O)CSc2ccccc2C)cc1C. The Hall–Kier alpha value is -1.79. The number of aryl methyl sites for hydroxylation is 3. The minimum Gasteiger partial charge on any atom is -0.272 e. The van der Waals surface area contributed by atoms with E-state index in [4.69, 9.17) is 0 Å². The van der Waals surface area contributed by atoms with Crippen LogP contribution in [0.2, 0.25) is 0 Å². The topological polar surface area (TPSA) is 58.2 Å². The maximum absolute atomic E-state index is 12.0. The van der Waals surface area contributed by atoms with Gasteiger partial charge in [0.2, 0.25) is 5.91 Å². The van der Waals surface area contributed by atoms with E-state index in [0.29, 0.717) is 4.88 Å². The molecule has 0 radical (unpaired) electrons. The maximum Gasteiger partial charge on any atom is 0.279 e. The van der Waals surface area contributed by atoms with Crippen LogP contribution in [0.1, 0.15) is 32.6 Å². The molecule has 1 heterocycles. The first-order chi connectivity index (χ1) is 11.0. The van der Waals surface area contributed by atoms with Crippen LogP contribution in [0.15, 0.2) is 35.2 Å². The van der Waals surface area contributed by atoms with Gasteiger partial charge in [-0.1, -0.05) is 25.1 Å². The van der Waals surface area contributed by atoms with Crippen molar-refractivity contribution in [1.29, 1.82) is 0 Å². The zero-order valence-electron chi connectivity index (χ0n) is 13.4. The third-order valence-corrected chi connectivity index (χ3v) is 5.89. The van der Waals surface area contributed by atoms with Crippen molar-refractivity contribution in [3.8, 4) is 0 Å². The van der Waals surface area contributed by atoms with Crippen molar-refractivity contribution < 1.29 is 9.59 Å². The highest BCUT2D eigenvalue weighted by Gasteiger charge is 2.12. The quantitative estimate of drug-likeness (QED) is 0.642. The highest BCUT2D eigenvalue weighted by atomic mass is 32.2. The Bertz CT molecular complexity index is 710. The molecule has 0 bridgehead atoms. The van der Waals surface area contributed by atoms with Gasteiger partial charge in [0.25, 0.3) is 5.91 Å². The molecule has 1 aromatic heterocycles. The van der Waals surface area contributed by atoms with E-state index in [-0.39, 0.29) is 17.6 Å². The maximum atomic E-state index is 12.0. The summed E-state index contributed by atoms with van der Waals surface area (Å²) in [6.07, 6.45) is 0.906. The number of carbonyl (C=O) groups excluding carboxylic acids is 2. The summed E-state index contributed by atoms with van der Waals surface area (Å²) < 4.78 is 0. The molecule has 23 heavy (non-hydrogen) atoms. The van der Waals surface area contributed by atoms with Gasteiger partial charge in [-0.2, -0.15) is 0 Å². The first-order valence-corrected chi connectivity index (χ1v) is 9.18. The normalized spacial score (nSPS) is 10.4. The molecule has 0 fully saturated rings. The molecule has 0 atom stereocenters. The van der Waals surface area contributed by atoms with Crippen molar-refractivity contribution in [2.45, 2.75) is 32.1 Å². The summed E-state index contributed by atoms with van der Waals surface area (Å²) in [6.45, 7) is 6.06. The van der Waals surface area contributed by atoms with Crippen LogP contribution in [0.5, 0.6) is 0 Å². The van der Waals surface area contributed by atoms with Gasteiger partial charge in [-0.05, 0) is 43.5 Å². The summed E-state index contributed by atoms with van der Waals surface area (Å²) in [4.78, 5) is 26.8. The number of benzene rings is 1. The lowest BCUT2D eigenvalue weighted by molar-refractivity contribution is -0.119. The molecule has 0 spiro atoms. The van der Waals surface area contributed by atoms with Crippen LogP contribution in [0.4, 0.5) is 0 Å². The third-order valence-electron chi connectivity index (χ3n) is 3.33. The fourth-order valence-electron chi connectivity index (χ4n) is 2.07. The predicted octanol–water partition coefficient (Wildman–Crippen LogP) is 3.48. The van der Waals surface area contributed by atoms with Crippen LogP contribution in [0.25, 0.3) is 0 Å². The first kappa shape index (κ1) is 17.6. The number of hydrogen-bond donors (Lipinski definition) is 2. The van der Waals surface area contributed by atoms with E-state index in [1.807, 2.05) is 44.2 Å². The fourth-order valence-corrected chi connectivity index (χ4v) is 3.91. The van der Waals surface area contributed by atoms with Crippen LogP contribution < -0.4 is 10.9 Å². The van der Waals surface area contributed by atoms with Gasteiger partial charge in [-0.15, -0.1) is 23.1 Å². The molecule has 2 N–H and O–H groups in total. The zero-order valence-corrected chi connectivity index (χ0v) is 15.1. The molecule has 0 aliphatic carbocycles. The molecule has 2 rings (SSSR count). The molecular weight excluding hydrogens is 328 g/mol. The Morgan fingerprint density at radius 2 is 1.87 bits per heavy atom. The van der Waals surface area contributed by atoms with Gasteiger partial charge < -0.3 is 0 Å². The average molecular weight is 348 g/mol. The number of thioether (sulfide) groups is 1. The van der Waals surface area contributed by atoms with Crippen LogP contribution in [-0.2, 0) is 11.2 Å². The summed E-state index contributed by atoms with van der Waals surface area (Å²) in [5.74, 6) is -0.239. The first-order valence-electron chi connectivity index (χ1n) is 7.38. The Balaban J connectivity index is 1.82. The second kappa shape index (κ2) is 8.17. The number of hydrazine groups is 1. The van der Waals surface area contributed by atoms with Crippen LogP contribution in [0.3, 0.4) is 0 Å². The molecule has 6 heteroatoms. The molecule has 0 saturated heterocycles. The molecule has 1 aromatic carbocycles. The van der Waals surface area contributed by atoms with Gasteiger partial charge in [0.15, 0.2) is 0 Å². The smallest absolute Gasteiger partial charge is 0.272 e. The summed E-state index contributed by atoms with van der Waals surface area (Å²) >= 11 is 2.91. The second-order valence-electron chi connectivity index (χ2n) is 5.13. The third kappa shape index (κ3) is 4.84. The molecule has 0 saturated carbocycles. The van der Waals surface area contributed by atoms with Crippen molar-refractivity contribution in [3.63, 3.8) is 0 Å². The molecule has 122 valence electrons. The highest BCUT2D eigenvalue weighted by Crippen LogP contribution is 2.22. The van der Waals surface area contributed by atoms with Gasteiger partial charge in [0, 0.05) is 9.77 Å². The average Bonchev–Trinajstić information content (AvgIpc) is 2.93. The van der Waals surface area contributed by atoms with Gasteiger partial charge in [-0.25, -0.2) is 0 Å². The van der Waals surface area contributed by atoms with Gasteiger partial charge in [0.05, 0.1) is 10.6 Å². The van der Waals surface area contributed by atoms with E-state index < -0.39 is 0 Å². The molecular formula is C17H20N2O2S2. The summed E-state index contributed by atoms with van der Waals surface area (Å²) in [6, 6.07) is 9.75. The number of amides is 2.